The van der Waals surface area contributed by atoms with Gasteiger partial charge in [-0.2, -0.15) is 0 Å². The molecule has 0 saturated carbocycles. The molecule has 0 aliphatic rings. The zero-order chi connectivity index (χ0) is 13.0. The SMILES string of the molecule is Cc1cccc(CC(=O)N[C@@H](C)C(=O)O)c1Cl. The van der Waals surface area contributed by atoms with Crippen molar-refractivity contribution < 1.29 is 14.7 Å². The van der Waals surface area contributed by atoms with E-state index < -0.39 is 12.0 Å². The van der Waals surface area contributed by atoms with Gasteiger partial charge in [0, 0.05) is 5.02 Å². The standard InChI is InChI=1S/C12H14ClNO3/c1-7-4-3-5-9(11(7)13)6-10(15)14-8(2)12(16)17/h3-5,8H,6H2,1-2H3,(H,14,15)(H,16,17)/t8-/m0/s1. The molecular formula is C12H14ClNO3. The van der Waals surface area contributed by atoms with Gasteiger partial charge >= 0.3 is 5.97 Å². The third-order valence-electron chi connectivity index (χ3n) is 2.37. The van der Waals surface area contributed by atoms with E-state index in [-0.39, 0.29) is 12.3 Å². The maximum atomic E-state index is 11.6. The molecule has 5 heteroatoms. The molecule has 0 bridgehead atoms. The second-order valence-electron chi connectivity index (χ2n) is 3.85. The van der Waals surface area contributed by atoms with E-state index >= 15 is 0 Å². The summed E-state index contributed by atoms with van der Waals surface area (Å²) in [6, 6.07) is 4.51. The minimum atomic E-state index is -1.06. The van der Waals surface area contributed by atoms with Gasteiger partial charge in [0.1, 0.15) is 6.04 Å². The van der Waals surface area contributed by atoms with Crippen molar-refractivity contribution in [2.45, 2.75) is 26.3 Å². The third kappa shape index (κ3) is 3.75. The molecule has 2 N–H and O–H groups in total. The second kappa shape index (κ2) is 5.68. The number of aryl methyl sites for hydroxylation is 1. The van der Waals surface area contributed by atoms with Crippen LogP contribution in [0.4, 0.5) is 0 Å². The first kappa shape index (κ1) is 13.5. The average Bonchev–Trinajstić information content (AvgIpc) is 2.24. The van der Waals surface area contributed by atoms with Crippen LogP contribution in [0.1, 0.15) is 18.1 Å². The van der Waals surface area contributed by atoms with E-state index in [2.05, 4.69) is 5.32 Å². The van der Waals surface area contributed by atoms with Gasteiger partial charge in [-0.05, 0) is 25.0 Å². The highest BCUT2D eigenvalue weighted by atomic mass is 35.5. The van der Waals surface area contributed by atoms with Crippen LogP contribution in [0, 0.1) is 6.92 Å². The van der Waals surface area contributed by atoms with Gasteiger partial charge in [-0.1, -0.05) is 29.8 Å². The van der Waals surface area contributed by atoms with E-state index in [1.54, 1.807) is 6.07 Å². The summed E-state index contributed by atoms with van der Waals surface area (Å²) in [6.45, 7) is 3.27. The summed E-state index contributed by atoms with van der Waals surface area (Å²) >= 11 is 6.04. The van der Waals surface area contributed by atoms with Crippen LogP contribution in [0.2, 0.25) is 5.02 Å². The zero-order valence-corrected chi connectivity index (χ0v) is 10.4. The normalized spacial score (nSPS) is 11.9. The van der Waals surface area contributed by atoms with Crippen LogP contribution in [-0.2, 0) is 16.0 Å². The van der Waals surface area contributed by atoms with Crippen molar-refractivity contribution in [3.05, 3.63) is 34.3 Å². The largest absolute Gasteiger partial charge is 0.480 e. The lowest BCUT2D eigenvalue weighted by Crippen LogP contribution is -2.39. The smallest absolute Gasteiger partial charge is 0.325 e. The maximum absolute atomic E-state index is 11.6. The molecule has 0 radical (unpaired) electrons. The Morgan fingerprint density at radius 3 is 2.71 bits per heavy atom. The molecule has 1 atom stereocenters. The summed E-state index contributed by atoms with van der Waals surface area (Å²) in [5.74, 6) is -1.42. The van der Waals surface area contributed by atoms with Gasteiger partial charge in [0.25, 0.3) is 0 Å². The Hall–Kier alpha value is -1.55. The first-order chi connectivity index (χ1) is 7.91. The highest BCUT2D eigenvalue weighted by Crippen LogP contribution is 2.20. The van der Waals surface area contributed by atoms with Gasteiger partial charge in [-0.15, -0.1) is 0 Å². The van der Waals surface area contributed by atoms with Crippen LogP contribution in [0.15, 0.2) is 18.2 Å². The molecule has 1 aromatic carbocycles. The van der Waals surface area contributed by atoms with Gasteiger partial charge in [0.15, 0.2) is 0 Å². The fourth-order valence-corrected chi connectivity index (χ4v) is 1.56. The molecule has 92 valence electrons. The molecule has 0 aliphatic carbocycles. The van der Waals surface area contributed by atoms with Crippen molar-refractivity contribution in [2.24, 2.45) is 0 Å². The Kier molecular flexibility index (Phi) is 4.52. The minimum absolute atomic E-state index is 0.0815. The van der Waals surface area contributed by atoms with E-state index in [1.807, 2.05) is 19.1 Å². The number of halogens is 1. The first-order valence-electron chi connectivity index (χ1n) is 5.18. The quantitative estimate of drug-likeness (QED) is 0.862. The lowest BCUT2D eigenvalue weighted by molar-refractivity contribution is -0.141. The number of hydrogen-bond acceptors (Lipinski definition) is 2. The molecule has 0 heterocycles. The first-order valence-corrected chi connectivity index (χ1v) is 5.55. The molecular weight excluding hydrogens is 242 g/mol. The summed E-state index contributed by atoms with van der Waals surface area (Å²) in [6.07, 6.45) is 0.0815. The van der Waals surface area contributed by atoms with Crippen molar-refractivity contribution in [2.75, 3.05) is 0 Å². The Labute approximate surface area is 105 Å². The van der Waals surface area contributed by atoms with Crippen molar-refractivity contribution >= 4 is 23.5 Å². The van der Waals surface area contributed by atoms with Gasteiger partial charge in [0.05, 0.1) is 6.42 Å². The molecule has 0 fully saturated rings. The van der Waals surface area contributed by atoms with E-state index in [0.29, 0.717) is 10.6 Å². The van der Waals surface area contributed by atoms with Crippen molar-refractivity contribution in [3.63, 3.8) is 0 Å². The average molecular weight is 256 g/mol. The molecule has 17 heavy (non-hydrogen) atoms. The minimum Gasteiger partial charge on any atom is -0.480 e. The predicted octanol–water partition coefficient (Wildman–Crippen LogP) is 1.78. The summed E-state index contributed by atoms with van der Waals surface area (Å²) in [4.78, 5) is 22.1. The van der Waals surface area contributed by atoms with E-state index in [1.165, 1.54) is 6.92 Å². The van der Waals surface area contributed by atoms with Gasteiger partial charge < -0.3 is 10.4 Å². The molecule has 4 nitrogen and oxygen atoms in total. The number of amides is 1. The fraction of sp³-hybridized carbons (Fsp3) is 0.333. The van der Waals surface area contributed by atoms with E-state index in [0.717, 1.165) is 5.56 Å². The fourth-order valence-electron chi connectivity index (χ4n) is 1.37. The number of rotatable bonds is 4. The molecule has 0 aromatic heterocycles. The molecule has 0 unspecified atom stereocenters. The number of carboxylic acids is 1. The van der Waals surface area contributed by atoms with Crippen LogP contribution in [0.3, 0.4) is 0 Å². The van der Waals surface area contributed by atoms with E-state index in [9.17, 15) is 9.59 Å². The number of carboxylic acid groups (broad SMARTS) is 1. The Bertz CT molecular complexity index is 445. The van der Waals surface area contributed by atoms with Gasteiger partial charge in [-0.25, -0.2) is 0 Å². The summed E-state index contributed by atoms with van der Waals surface area (Å²) < 4.78 is 0. The number of benzene rings is 1. The Morgan fingerprint density at radius 2 is 2.12 bits per heavy atom. The monoisotopic (exact) mass is 255 g/mol. The summed E-state index contributed by atoms with van der Waals surface area (Å²) in [5.41, 5.74) is 1.59. The number of carbonyl (C=O) groups excluding carboxylic acids is 1. The van der Waals surface area contributed by atoms with Gasteiger partial charge in [0.2, 0.25) is 5.91 Å². The van der Waals surface area contributed by atoms with E-state index in [4.69, 9.17) is 16.7 Å². The molecule has 0 spiro atoms. The number of carbonyl (C=O) groups is 2. The number of aliphatic carboxylic acids is 1. The Balaban J connectivity index is 2.69. The highest BCUT2D eigenvalue weighted by molar-refractivity contribution is 6.32. The number of hydrogen-bond donors (Lipinski definition) is 2. The Morgan fingerprint density at radius 1 is 1.47 bits per heavy atom. The van der Waals surface area contributed by atoms with Gasteiger partial charge in [-0.3, -0.25) is 9.59 Å². The third-order valence-corrected chi connectivity index (χ3v) is 2.91. The van der Waals surface area contributed by atoms with Crippen LogP contribution < -0.4 is 5.32 Å². The van der Waals surface area contributed by atoms with Crippen molar-refractivity contribution in [1.82, 2.24) is 5.32 Å². The number of nitrogens with one attached hydrogen (secondary N) is 1. The molecule has 0 aliphatic heterocycles. The lowest BCUT2D eigenvalue weighted by Gasteiger charge is -2.10. The van der Waals surface area contributed by atoms with Crippen LogP contribution in [0.5, 0.6) is 0 Å². The second-order valence-corrected chi connectivity index (χ2v) is 4.23. The predicted molar refractivity (Wildman–Crippen MR) is 65.1 cm³/mol. The maximum Gasteiger partial charge on any atom is 0.325 e. The zero-order valence-electron chi connectivity index (χ0n) is 9.66. The lowest BCUT2D eigenvalue weighted by atomic mass is 10.1. The van der Waals surface area contributed by atoms with Crippen molar-refractivity contribution in [3.8, 4) is 0 Å². The summed E-state index contributed by atoms with van der Waals surface area (Å²) in [7, 11) is 0. The highest BCUT2D eigenvalue weighted by Gasteiger charge is 2.15. The topological polar surface area (TPSA) is 66.4 Å². The molecule has 1 rings (SSSR count). The molecule has 0 saturated heterocycles. The molecule has 1 aromatic rings. The van der Waals surface area contributed by atoms with Crippen LogP contribution in [0.25, 0.3) is 0 Å². The van der Waals surface area contributed by atoms with Crippen LogP contribution >= 0.6 is 11.6 Å². The summed E-state index contributed by atoms with van der Waals surface area (Å²) in [5, 5.41) is 11.6. The van der Waals surface area contributed by atoms with Crippen LogP contribution in [-0.4, -0.2) is 23.0 Å². The van der Waals surface area contributed by atoms with Crippen molar-refractivity contribution in [1.29, 1.82) is 0 Å². The molecule has 1 amide bonds.